The third-order valence-corrected chi connectivity index (χ3v) is 3.94. The smallest absolute Gasteiger partial charge is 0.237 e. The molecular weight excluding hydrogens is 309 g/mol. The van der Waals surface area contributed by atoms with Crippen molar-refractivity contribution in [3.05, 3.63) is 60.2 Å². The molecule has 2 heterocycles. The number of hydrogen-bond donors (Lipinski definition) is 0. The van der Waals surface area contributed by atoms with Crippen LogP contribution in [0.15, 0.2) is 48.8 Å². The Labute approximate surface area is 140 Å². The lowest BCUT2D eigenvalue weighted by Gasteiger charge is -2.39. The summed E-state index contributed by atoms with van der Waals surface area (Å²) in [4.78, 5) is 19.9. The van der Waals surface area contributed by atoms with Gasteiger partial charge in [0.15, 0.2) is 11.6 Å². The van der Waals surface area contributed by atoms with Crippen molar-refractivity contribution >= 4 is 5.91 Å². The van der Waals surface area contributed by atoms with Crippen LogP contribution in [-0.4, -0.2) is 53.5 Å². The van der Waals surface area contributed by atoms with Crippen LogP contribution in [0.25, 0.3) is 0 Å². The third-order valence-electron chi connectivity index (χ3n) is 3.94. The number of carbonyl (C=O) groups excluding carboxylic acids is 1. The largest absolute Gasteiger partial charge is 0.484 e. The Bertz CT molecular complexity index is 690. The number of ether oxygens (including phenoxy) is 1. The Kier molecular flexibility index (Phi) is 5.05. The van der Waals surface area contributed by atoms with Crippen LogP contribution in [0.5, 0.6) is 5.75 Å². The van der Waals surface area contributed by atoms with Crippen LogP contribution in [0.4, 0.5) is 4.39 Å². The highest BCUT2D eigenvalue weighted by Gasteiger charge is 2.32. The number of pyridine rings is 1. The number of amides is 1. The normalized spacial score (nSPS) is 14.5. The van der Waals surface area contributed by atoms with Crippen molar-refractivity contribution in [1.82, 2.24) is 14.8 Å². The molecular formula is C18H20FN3O2. The summed E-state index contributed by atoms with van der Waals surface area (Å²) in [5.74, 6) is -0.0799. The molecule has 5 nitrogen and oxygen atoms in total. The number of likely N-dealkylation sites (tertiary alicyclic amines) is 1. The van der Waals surface area contributed by atoms with Crippen LogP contribution in [0.1, 0.15) is 5.56 Å². The van der Waals surface area contributed by atoms with E-state index in [9.17, 15) is 9.18 Å². The minimum atomic E-state index is -0.376. The van der Waals surface area contributed by atoms with Gasteiger partial charge in [0.25, 0.3) is 0 Å². The molecule has 1 aromatic heterocycles. The number of likely N-dealkylation sites (N-methyl/N-ethyl adjacent to an activating group) is 1. The highest BCUT2D eigenvalue weighted by atomic mass is 19.1. The summed E-state index contributed by atoms with van der Waals surface area (Å²) in [7, 11) is 1.91. The predicted octanol–water partition coefficient (Wildman–Crippen LogP) is 1.94. The van der Waals surface area contributed by atoms with Crippen LogP contribution in [0.2, 0.25) is 0 Å². The molecule has 1 amide bonds. The molecule has 0 unspecified atom stereocenters. The van der Waals surface area contributed by atoms with Gasteiger partial charge in [0.2, 0.25) is 5.91 Å². The summed E-state index contributed by atoms with van der Waals surface area (Å²) in [5.41, 5.74) is 1.12. The first kappa shape index (κ1) is 16.4. The topological polar surface area (TPSA) is 45.7 Å². The molecule has 0 spiro atoms. The van der Waals surface area contributed by atoms with Crippen molar-refractivity contribution in [2.75, 3.05) is 26.7 Å². The van der Waals surface area contributed by atoms with Gasteiger partial charge in [0, 0.05) is 18.9 Å². The van der Waals surface area contributed by atoms with Crippen molar-refractivity contribution < 1.29 is 13.9 Å². The van der Waals surface area contributed by atoms with Crippen molar-refractivity contribution in [3.8, 4) is 5.75 Å². The quantitative estimate of drug-likeness (QED) is 0.813. The molecule has 0 bridgehead atoms. The molecule has 0 atom stereocenters. The van der Waals surface area contributed by atoms with Crippen molar-refractivity contribution in [2.24, 2.45) is 0 Å². The zero-order valence-electron chi connectivity index (χ0n) is 13.6. The zero-order valence-corrected chi connectivity index (χ0v) is 13.6. The number of nitrogens with zero attached hydrogens (tertiary/aromatic N) is 3. The number of hydrogen-bond acceptors (Lipinski definition) is 4. The van der Waals surface area contributed by atoms with Gasteiger partial charge in [0.1, 0.15) is 6.10 Å². The van der Waals surface area contributed by atoms with Crippen LogP contribution in [0, 0.1) is 5.82 Å². The van der Waals surface area contributed by atoms with Crippen molar-refractivity contribution in [1.29, 1.82) is 0 Å². The predicted molar refractivity (Wildman–Crippen MR) is 88.0 cm³/mol. The Morgan fingerprint density at radius 3 is 2.71 bits per heavy atom. The van der Waals surface area contributed by atoms with Crippen molar-refractivity contribution in [2.45, 2.75) is 12.6 Å². The summed E-state index contributed by atoms with van der Waals surface area (Å²) in [6.45, 7) is 2.03. The lowest BCUT2D eigenvalue weighted by molar-refractivity contribution is -0.141. The Morgan fingerprint density at radius 2 is 2.00 bits per heavy atom. The van der Waals surface area contributed by atoms with E-state index in [4.69, 9.17) is 4.74 Å². The summed E-state index contributed by atoms with van der Waals surface area (Å²) in [6, 6.07) is 10.2. The van der Waals surface area contributed by atoms with E-state index < -0.39 is 0 Å². The number of rotatable bonds is 6. The van der Waals surface area contributed by atoms with E-state index >= 15 is 0 Å². The molecule has 126 valence electrons. The number of carbonyl (C=O) groups is 1. The van der Waals surface area contributed by atoms with Gasteiger partial charge in [0.05, 0.1) is 19.6 Å². The maximum atomic E-state index is 13.5. The first-order chi connectivity index (χ1) is 11.6. The van der Waals surface area contributed by atoms with Gasteiger partial charge < -0.3 is 9.64 Å². The molecule has 24 heavy (non-hydrogen) atoms. The summed E-state index contributed by atoms with van der Waals surface area (Å²) >= 11 is 0. The first-order valence-electron chi connectivity index (χ1n) is 7.88. The highest BCUT2D eigenvalue weighted by Crippen LogP contribution is 2.21. The molecule has 6 heteroatoms. The number of para-hydroxylation sites is 1. The van der Waals surface area contributed by atoms with E-state index in [-0.39, 0.29) is 23.6 Å². The van der Waals surface area contributed by atoms with E-state index in [1.54, 1.807) is 35.5 Å². The SMILES string of the molecule is CN(CC(=O)N1CC(Oc2ccccc2F)C1)Cc1ccncc1. The lowest BCUT2D eigenvalue weighted by atomic mass is 10.1. The second-order valence-electron chi connectivity index (χ2n) is 6.00. The van der Waals surface area contributed by atoms with Gasteiger partial charge in [-0.15, -0.1) is 0 Å². The fourth-order valence-electron chi connectivity index (χ4n) is 2.62. The monoisotopic (exact) mass is 329 g/mol. The maximum absolute atomic E-state index is 13.5. The Balaban J connectivity index is 1.42. The van der Waals surface area contributed by atoms with Crippen LogP contribution >= 0.6 is 0 Å². The van der Waals surface area contributed by atoms with Crippen molar-refractivity contribution in [3.63, 3.8) is 0 Å². The molecule has 1 aliphatic rings. The minimum Gasteiger partial charge on any atom is -0.484 e. The maximum Gasteiger partial charge on any atom is 0.237 e. The number of benzene rings is 1. The molecule has 2 aromatic rings. The molecule has 1 saturated heterocycles. The van der Waals surface area contributed by atoms with E-state index in [0.717, 1.165) is 5.56 Å². The Hall–Kier alpha value is -2.47. The second-order valence-corrected chi connectivity index (χ2v) is 6.00. The van der Waals surface area contributed by atoms with Crippen LogP contribution in [0.3, 0.4) is 0 Å². The van der Waals surface area contributed by atoms with Gasteiger partial charge in [-0.3, -0.25) is 14.7 Å². The van der Waals surface area contributed by atoms with Gasteiger partial charge in [-0.05, 0) is 36.9 Å². The fourth-order valence-corrected chi connectivity index (χ4v) is 2.62. The van der Waals surface area contributed by atoms with E-state index in [0.29, 0.717) is 26.2 Å². The highest BCUT2D eigenvalue weighted by molar-refractivity contribution is 5.79. The van der Waals surface area contributed by atoms with Gasteiger partial charge in [-0.2, -0.15) is 0 Å². The summed E-state index contributed by atoms with van der Waals surface area (Å²) in [5, 5.41) is 0. The van der Waals surface area contributed by atoms with Gasteiger partial charge in [-0.25, -0.2) is 4.39 Å². The standard InChI is InChI=1S/C18H20FN3O2/c1-21(10-14-6-8-20-9-7-14)13-18(23)22-11-15(12-22)24-17-5-3-2-4-16(17)19/h2-9,15H,10-13H2,1H3. The Morgan fingerprint density at radius 1 is 1.29 bits per heavy atom. The van der Waals surface area contributed by atoms with Gasteiger partial charge in [-0.1, -0.05) is 12.1 Å². The summed E-state index contributed by atoms with van der Waals surface area (Å²) < 4.78 is 19.1. The average molecular weight is 329 g/mol. The summed E-state index contributed by atoms with van der Waals surface area (Å²) in [6.07, 6.45) is 3.34. The third kappa shape index (κ3) is 4.08. The first-order valence-corrected chi connectivity index (χ1v) is 7.88. The molecule has 3 rings (SSSR count). The van der Waals surface area contributed by atoms with Gasteiger partial charge >= 0.3 is 0 Å². The second kappa shape index (κ2) is 7.40. The molecule has 1 aliphatic heterocycles. The lowest BCUT2D eigenvalue weighted by Crippen LogP contribution is -2.58. The van der Waals surface area contributed by atoms with E-state index in [1.165, 1.54) is 6.07 Å². The molecule has 0 saturated carbocycles. The molecule has 1 fully saturated rings. The molecule has 0 N–H and O–H groups in total. The molecule has 1 aromatic carbocycles. The number of halogens is 1. The average Bonchev–Trinajstić information content (AvgIpc) is 2.52. The zero-order chi connectivity index (χ0) is 16.9. The molecule has 0 radical (unpaired) electrons. The van der Waals surface area contributed by atoms with E-state index in [1.807, 2.05) is 24.1 Å². The van der Waals surface area contributed by atoms with Crippen LogP contribution in [-0.2, 0) is 11.3 Å². The minimum absolute atomic E-state index is 0.0555. The fraction of sp³-hybridized carbons (Fsp3) is 0.333. The molecule has 0 aliphatic carbocycles. The van der Waals surface area contributed by atoms with E-state index in [2.05, 4.69) is 4.98 Å². The van der Waals surface area contributed by atoms with Crippen LogP contribution < -0.4 is 4.74 Å². The number of aromatic nitrogens is 1.